The van der Waals surface area contributed by atoms with E-state index in [0.29, 0.717) is 16.5 Å². The lowest BCUT2D eigenvalue weighted by molar-refractivity contribution is -0.120. The summed E-state index contributed by atoms with van der Waals surface area (Å²) in [4.78, 5) is 12.5. The first-order valence-corrected chi connectivity index (χ1v) is 10.4. The van der Waals surface area contributed by atoms with Crippen molar-refractivity contribution >= 4 is 17.7 Å². The topological polar surface area (TPSA) is 83.6 Å². The summed E-state index contributed by atoms with van der Waals surface area (Å²) in [5.74, 6) is -0.332. The molecular weight excluding hydrogens is 401 g/mol. The maximum absolute atomic E-state index is 14.4. The van der Waals surface area contributed by atoms with Crippen LogP contribution in [0.25, 0.3) is 17.1 Å². The highest BCUT2D eigenvalue weighted by molar-refractivity contribution is 7.99. The van der Waals surface area contributed by atoms with Crippen LogP contribution in [0, 0.1) is 23.1 Å². The van der Waals surface area contributed by atoms with E-state index in [0.717, 1.165) is 5.69 Å². The molecule has 0 saturated carbocycles. The molecule has 8 heteroatoms. The van der Waals surface area contributed by atoms with Crippen molar-refractivity contribution in [3.63, 3.8) is 0 Å². The molecule has 0 saturated heterocycles. The molecule has 0 aliphatic carbocycles. The first-order chi connectivity index (χ1) is 14.4. The number of hydrogen-bond acceptors (Lipinski definition) is 5. The zero-order chi connectivity index (χ0) is 21.7. The molecule has 1 unspecified atom stereocenters. The number of para-hydroxylation sites is 1. The third-order valence-electron chi connectivity index (χ3n) is 4.88. The largest absolute Gasteiger partial charge is 0.337 e. The van der Waals surface area contributed by atoms with Crippen molar-refractivity contribution in [2.45, 2.75) is 31.5 Å². The SMILES string of the molecule is CC(C)C(C)(C#N)NC(=O)CSc1nnc(-c2ccccc2F)n1-c1ccccc1. The molecule has 30 heavy (non-hydrogen) atoms. The second-order valence-corrected chi connectivity index (χ2v) is 8.21. The van der Waals surface area contributed by atoms with Crippen LogP contribution >= 0.6 is 11.8 Å². The molecule has 3 rings (SSSR count). The van der Waals surface area contributed by atoms with Gasteiger partial charge in [0.1, 0.15) is 11.4 Å². The van der Waals surface area contributed by atoms with Gasteiger partial charge < -0.3 is 5.32 Å². The second kappa shape index (κ2) is 9.09. The monoisotopic (exact) mass is 423 g/mol. The first kappa shape index (κ1) is 21.5. The highest BCUT2D eigenvalue weighted by Gasteiger charge is 2.30. The summed E-state index contributed by atoms with van der Waals surface area (Å²) in [7, 11) is 0. The fourth-order valence-electron chi connectivity index (χ4n) is 2.75. The van der Waals surface area contributed by atoms with Crippen LogP contribution in [0.4, 0.5) is 4.39 Å². The summed E-state index contributed by atoms with van der Waals surface area (Å²) in [5, 5.41) is 21.0. The van der Waals surface area contributed by atoms with Gasteiger partial charge in [-0.15, -0.1) is 10.2 Å². The van der Waals surface area contributed by atoms with Crippen molar-refractivity contribution < 1.29 is 9.18 Å². The molecule has 1 aromatic heterocycles. The van der Waals surface area contributed by atoms with E-state index < -0.39 is 11.4 Å². The van der Waals surface area contributed by atoms with Gasteiger partial charge in [0.25, 0.3) is 0 Å². The Morgan fingerprint density at radius 3 is 2.50 bits per heavy atom. The van der Waals surface area contributed by atoms with E-state index in [1.165, 1.54) is 17.8 Å². The van der Waals surface area contributed by atoms with Gasteiger partial charge in [0.05, 0.1) is 17.4 Å². The normalized spacial score (nSPS) is 12.9. The van der Waals surface area contributed by atoms with E-state index in [9.17, 15) is 14.4 Å². The van der Waals surface area contributed by atoms with E-state index in [4.69, 9.17) is 0 Å². The predicted molar refractivity (Wildman–Crippen MR) is 114 cm³/mol. The van der Waals surface area contributed by atoms with Crippen molar-refractivity contribution in [2.24, 2.45) is 5.92 Å². The molecule has 1 heterocycles. The number of carbonyl (C=O) groups is 1. The van der Waals surface area contributed by atoms with Crippen molar-refractivity contribution in [1.82, 2.24) is 20.1 Å². The van der Waals surface area contributed by atoms with Crippen LogP contribution in [-0.4, -0.2) is 32.0 Å². The minimum atomic E-state index is -0.955. The van der Waals surface area contributed by atoms with Gasteiger partial charge in [-0.05, 0) is 37.1 Å². The molecule has 0 aliphatic heterocycles. The molecular formula is C22H22FN5OS. The summed E-state index contributed by atoms with van der Waals surface area (Å²) in [6.07, 6.45) is 0. The second-order valence-electron chi connectivity index (χ2n) is 7.26. The summed E-state index contributed by atoms with van der Waals surface area (Å²) in [6, 6.07) is 17.9. The maximum atomic E-state index is 14.4. The molecule has 0 fully saturated rings. The average molecular weight is 424 g/mol. The molecule has 0 radical (unpaired) electrons. The Labute approximate surface area is 179 Å². The standard InChI is InChI=1S/C22H22FN5OS/c1-15(2)22(3,14-24)25-19(29)13-30-21-27-26-20(17-11-7-8-12-18(17)23)28(21)16-9-5-4-6-10-16/h4-12,15H,13H2,1-3H3,(H,25,29). The van der Waals surface area contributed by atoms with Gasteiger partial charge in [0, 0.05) is 5.69 Å². The van der Waals surface area contributed by atoms with Crippen molar-refractivity contribution in [2.75, 3.05) is 5.75 Å². The fourth-order valence-corrected chi connectivity index (χ4v) is 3.50. The summed E-state index contributed by atoms with van der Waals surface area (Å²) < 4.78 is 16.1. The zero-order valence-corrected chi connectivity index (χ0v) is 17.8. The Morgan fingerprint density at radius 1 is 1.20 bits per heavy atom. The van der Waals surface area contributed by atoms with Crippen LogP contribution in [0.15, 0.2) is 59.8 Å². The van der Waals surface area contributed by atoms with Gasteiger partial charge in [0.2, 0.25) is 5.91 Å². The predicted octanol–water partition coefficient (Wildman–Crippen LogP) is 4.22. The van der Waals surface area contributed by atoms with Crippen molar-refractivity contribution in [1.29, 1.82) is 5.26 Å². The number of hydrogen-bond donors (Lipinski definition) is 1. The number of aromatic nitrogens is 3. The van der Waals surface area contributed by atoms with Gasteiger partial charge in [-0.25, -0.2) is 4.39 Å². The van der Waals surface area contributed by atoms with Gasteiger partial charge in [-0.2, -0.15) is 5.26 Å². The number of nitrogens with one attached hydrogen (secondary N) is 1. The van der Waals surface area contributed by atoms with Crippen LogP contribution in [0.2, 0.25) is 0 Å². The lowest BCUT2D eigenvalue weighted by atomic mass is 9.90. The number of nitrogens with zero attached hydrogens (tertiary/aromatic N) is 4. The van der Waals surface area contributed by atoms with Crippen molar-refractivity contribution in [3.05, 3.63) is 60.4 Å². The lowest BCUT2D eigenvalue weighted by Crippen LogP contribution is -2.49. The molecule has 6 nitrogen and oxygen atoms in total. The smallest absolute Gasteiger partial charge is 0.231 e. The molecule has 154 valence electrons. The Hall–Kier alpha value is -3.18. The van der Waals surface area contributed by atoms with Gasteiger partial charge >= 0.3 is 0 Å². The first-order valence-electron chi connectivity index (χ1n) is 9.46. The van der Waals surface area contributed by atoms with Gasteiger partial charge in [0.15, 0.2) is 11.0 Å². The van der Waals surface area contributed by atoms with Crippen LogP contribution in [0.3, 0.4) is 0 Å². The van der Waals surface area contributed by atoms with Crippen molar-refractivity contribution in [3.8, 4) is 23.1 Å². The van der Waals surface area contributed by atoms with E-state index in [-0.39, 0.29) is 17.6 Å². The van der Waals surface area contributed by atoms with Crippen LogP contribution in [-0.2, 0) is 4.79 Å². The summed E-state index contributed by atoms with van der Waals surface area (Å²) in [6.45, 7) is 5.45. The van der Waals surface area contributed by atoms with Crippen LogP contribution in [0.1, 0.15) is 20.8 Å². The molecule has 3 aromatic rings. The average Bonchev–Trinajstić information content (AvgIpc) is 3.16. The highest BCUT2D eigenvalue weighted by Crippen LogP contribution is 2.29. The van der Waals surface area contributed by atoms with Crippen LogP contribution in [0.5, 0.6) is 0 Å². The number of thioether (sulfide) groups is 1. The zero-order valence-electron chi connectivity index (χ0n) is 17.0. The van der Waals surface area contributed by atoms with Crippen LogP contribution < -0.4 is 5.32 Å². The Kier molecular flexibility index (Phi) is 6.53. The number of nitriles is 1. The summed E-state index contributed by atoms with van der Waals surface area (Å²) >= 11 is 1.18. The molecule has 0 aliphatic rings. The van der Waals surface area contributed by atoms with E-state index in [1.54, 1.807) is 29.7 Å². The van der Waals surface area contributed by atoms with E-state index in [1.807, 2.05) is 44.2 Å². The Morgan fingerprint density at radius 2 is 1.87 bits per heavy atom. The minimum absolute atomic E-state index is 0.0444. The van der Waals surface area contributed by atoms with Gasteiger partial charge in [-0.1, -0.05) is 55.9 Å². The fraction of sp³-hybridized carbons (Fsp3) is 0.273. The number of carbonyl (C=O) groups excluding carboxylic acids is 1. The third-order valence-corrected chi connectivity index (χ3v) is 5.81. The van der Waals surface area contributed by atoms with Gasteiger partial charge in [-0.3, -0.25) is 9.36 Å². The summed E-state index contributed by atoms with van der Waals surface area (Å²) in [5.41, 5.74) is 0.123. The van der Waals surface area contributed by atoms with E-state index in [2.05, 4.69) is 21.6 Å². The molecule has 0 bridgehead atoms. The third kappa shape index (κ3) is 4.52. The molecule has 1 N–H and O–H groups in total. The molecule has 0 spiro atoms. The Bertz CT molecular complexity index is 1080. The number of rotatable bonds is 7. The quantitative estimate of drug-likeness (QED) is 0.575. The Balaban J connectivity index is 1.90. The van der Waals surface area contributed by atoms with E-state index >= 15 is 0 Å². The minimum Gasteiger partial charge on any atom is -0.337 e. The lowest BCUT2D eigenvalue weighted by Gasteiger charge is -2.27. The molecule has 1 atom stereocenters. The highest BCUT2D eigenvalue weighted by atomic mass is 32.2. The molecule has 1 amide bonds. The number of amides is 1. The molecule has 2 aromatic carbocycles. The maximum Gasteiger partial charge on any atom is 0.231 e. The number of benzene rings is 2. The number of halogens is 1.